The van der Waals surface area contributed by atoms with Gasteiger partial charge >= 0.3 is 17.9 Å². The number of ether oxygens (including phenoxy) is 1. The molecule has 0 aliphatic carbocycles. The van der Waals surface area contributed by atoms with E-state index in [1.54, 1.807) is 6.92 Å². The second-order valence-corrected chi connectivity index (χ2v) is 6.60. The Morgan fingerprint density at radius 2 is 1.65 bits per heavy atom. The molecule has 26 heavy (non-hydrogen) atoms. The SMILES string of the molecule is C/C=C/C(=O)O.C=CC(CCCCC(C)(C)C)C(=O)O.C=COC(C)=O. The molecule has 6 nitrogen and oxygen atoms in total. The van der Waals surface area contributed by atoms with Crippen LogP contribution in [-0.4, -0.2) is 28.1 Å². The van der Waals surface area contributed by atoms with Crippen molar-refractivity contribution in [3.8, 4) is 0 Å². The van der Waals surface area contributed by atoms with Gasteiger partial charge in [0.15, 0.2) is 0 Å². The van der Waals surface area contributed by atoms with Gasteiger partial charge in [0.1, 0.15) is 0 Å². The zero-order valence-electron chi connectivity index (χ0n) is 16.7. The smallest absolute Gasteiger partial charge is 0.327 e. The molecule has 0 bridgehead atoms. The summed E-state index contributed by atoms with van der Waals surface area (Å²) in [5.74, 6) is -2.34. The molecule has 1 atom stereocenters. The molecule has 0 rings (SSSR count). The molecule has 2 N–H and O–H groups in total. The van der Waals surface area contributed by atoms with Gasteiger partial charge in [0.2, 0.25) is 0 Å². The molecule has 0 fully saturated rings. The zero-order valence-corrected chi connectivity index (χ0v) is 16.7. The van der Waals surface area contributed by atoms with E-state index in [-0.39, 0.29) is 11.9 Å². The normalized spacial score (nSPS) is 11.1. The molecule has 150 valence electrons. The van der Waals surface area contributed by atoms with Gasteiger partial charge in [-0.1, -0.05) is 52.3 Å². The number of rotatable bonds is 8. The lowest BCUT2D eigenvalue weighted by Gasteiger charge is -2.17. The fourth-order valence-corrected chi connectivity index (χ4v) is 1.62. The summed E-state index contributed by atoms with van der Waals surface area (Å²) in [5, 5.41) is 16.6. The van der Waals surface area contributed by atoms with E-state index >= 15 is 0 Å². The maximum Gasteiger partial charge on any atom is 0.327 e. The van der Waals surface area contributed by atoms with Crippen LogP contribution in [0, 0.1) is 11.3 Å². The summed E-state index contributed by atoms with van der Waals surface area (Å²) < 4.78 is 4.17. The van der Waals surface area contributed by atoms with Gasteiger partial charge in [-0.3, -0.25) is 9.59 Å². The number of unbranched alkanes of at least 4 members (excludes halogenated alkanes) is 1. The highest BCUT2D eigenvalue weighted by Crippen LogP contribution is 2.23. The molecule has 0 saturated heterocycles. The second kappa shape index (κ2) is 17.5. The quantitative estimate of drug-likeness (QED) is 0.209. The lowest BCUT2D eigenvalue weighted by molar-refractivity contribution is -0.140. The van der Waals surface area contributed by atoms with Crippen LogP contribution in [0.4, 0.5) is 0 Å². The van der Waals surface area contributed by atoms with Gasteiger partial charge in [-0.25, -0.2) is 4.79 Å². The van der Waals surface area contributed by atoms with Crippen LogP contribution in [0.1, 0.15) is 60.3 Å². The Labute approximate surface area is 157 Å². The number of esters is 1. The predicted molar refractivity (Wildman–Crippen MR) is 104 cm³/mol. The lowest BCUT2D eigenvalue weighted by Crippen LogP contribution is -2.11. The molecule has 0 aliphatic rings. The van der Waals surface area contributed by atoms with Gasteiger partial charge in [-0.2, -0.15) is 0 Å². The summed E-state index contributed by atoms with van der Waals surface area (Å²) >= 11 is 0. The molecular weight excluding hydrogens is 336 g/mol. The maximum absolute atomic E-state index is 10.7. The van der Waals surface area contributed by atoms with Crippen molar-refractivity contribution in [1.29, 1.82) is 0 Å². The van der Waals surface area contributed by atoms with Gasteiger partial charge < -0.3 is 14.9 Å². The van der Waals surface area contributed by atoms with Crippen molar-refractivity contribution in [2.24, 2.45) is 11.3 Å². The van der Waals surface area contributed by atoms with Crippen LogP contribution >= 0.6 is 0 Å². The van der Waals surface area contributed by atoms with E-state index in [4.69, 9.17) is 10.2 Å². The minimum Gasteiger partial charge on any atom is -0.481 e. The number of carbonyl (C=O) groups is 3. The Balaban J connectivity index is -0.000000364. The number of hydrogen-bond acceptors (Lipinski definition) is 4. The number of carboxylic acid groups (broad SMARTS) is 2. The molecule has 1 unspecified atom stereocenters. The minimum absolute atomic E-state index is 0.329. The van der Waals surface area contributed by atoms with Crippen molar-refractivity contribution >= 4 is 17.9 Å². The first kappa shape index (κ1) is 28.4. The third kappa shape index (κ3) is 29.6. The first-order valence-corrected chi connectivity index (χ1v) is 8.40. The van der Waals surface area contributed by atoms with Crippen LogP contribution < -0.4 is 0 Å². The predicted octanol–water partition coefficient (Wildman–Crippen LogP) is 4.82. The first-order chi connectivity index (χ1) is 11.9. The average molecular weight is 370 g/mol. The summed E-state index contributed by atoms with van der Waals surface area (Å²) in [6.07, 6.45) is 9.12. The van der Waals surface area contributed by atoms with Crippen LogP contribution in [-0.2, 0) is 19.1 Å². The van der Waals surface area contributed by atoms with E-state index in [1.807, 2.05) is 0 Å². The van der Waals surface area contributed by atoms with Crippen LogP contribution in [0.3, 0.4) is 0 Å². The van der Waals surface area contributed by atoms with Crippen LogP contribution in [0.2, 0.25) is 0 Å². The second-order valence-electron chi connectivity index (χ2n) is 6.60. The summed E-state index contributed by atoms with van der Waals surface area (Å²) in [6, 6.07) is 0. The van der Waals surface area contributed by atoms with Crippen LogP contribution in [0.25, 0.3) is 0 Å². The summed E-state index contributed by atoms with van der Waals surface area (Å²) in [6.45, 7) is 16.3. The molecule has 6 heteroatoms. The Morgan fingerprint density at radius 1 is 1.12 bits per heavy atom. The number of aliphatic carboxylic acids is 2. The number of carbonyl (C=O) groups excluding carboxylic acids is 1. The van der Waals surface area contributed by atoms with Gasteiger partial charge in [0, 0.05) is 13.0 Å². The average Bonchev–Trinajstić information content (AvgIpc) is 2.46. The highest BCUT2D eigenvalue weighted by molar-refractivity contribution is 5.79. The molecule has 0 amide bonds. The Kier molecular flexibility index (Phi) is 19.1. The highest BCUT2D eigenvalue weighted by Gasteiger charge is 2.14. The Hall–Kier alpha value is -2.37. The van der Waals surface area contributed by atoms with Crippen LogP contribution in [0.5, 0.6) is 0 Å². The van der Waals surface area contributed by atoms with E-state index < -0.39 is 11.9 Å². The summed E-state index contributed by atoms with van der Waals surface area (Å²) in [7, 11) is 0. The van der Waals surface area contributed by atoms with E-state index in [0.29, 0.717) is 5.41 Å². The third-order valence-electron chi connectivity index (χ3n) is 2.85. The molecule has 0 spiro atoms. The molecule has 0 radical (unpaired) electrons. The molecule has 0 aromatic heterocycles. The molecule has 0 aliphatic heterocycles. The molecule has 0 aromatic carbocycles. The number of allylic oxidation sites excluding steroid dienone is 1. The molecule has 0 saturated carbocycles. The van der Waals surface area contributed by atoms with Crippen molar-refractivity contribution in [3.63, 3.8) is 0 Å². The summed E-state index contributed by atoms with van der Waals surface area (Å²) in [5.41, 5.74) is 0.354. The maximum atomic E-state index is 10.7. The third-order valence-corrected chi connectivity index (χ3v) is 2.85. The van der Waals surface area contributed by atoms with Gasteiger partial charge in [-0.05, 0) is 25.2 Å². The van der Waals surface area contributed by atoms with E-state index in [2.05, 4.69) is 38.7 Å². The highest BCUT2D eigenvalue weighted by atomic mass is 16.5. The van der Waals surface area contributed by atoms with Gasteiger partial charge in [0.05, 0.1) is 12.2 Å². The molecular formula is C20H34O6. The zero-order chi connectivity index (χ0) is 21.2. The fraction of sp³-hybridized carbons (Fsp3) is 0.550. The van der Waals surface area contributed by atoms with Crippen molar-refractivity contribution < 1.29 is 29.3 Å². The van der Waals surface area contributed by atoms with Crippen molar-refractivity contribution in [2.75, 3.05) is 0 Å². The largest absolute Gasteiger partial charge is 0.481 e. The van der Waals surface area contributed by atoms with E-state index in [9.17, 15) is 14.4 Å². The topological polar surface area (TPSA) is 101 Å². The van der Waals surface area contributed by atoms with E-state index in [1.165, 1.54) is 19.1 Å². The Bertz CT molecular complexity index is 457. The van der Waals surface area contributed by atoms with Crippen LogP contribution in [0.15, 0.2) is 37.6 Å². The standard InChI is InChI=1S/C12H22O2.2C4H6O2/c1-5-10(11(13)14)8-6-7-9-12(2,3)4;1-3-6-4(2)5;1-2-3-4(5)6/h5,10H,1,6-9H2,2-4H3,(H,13,14);3H,1H2,2H3;2-3H,1H3,(H,5,6)/b;;3-2+. The van der Waals surface area contributed by atoms with Crippen molar-refractivity contribution in [1.82, 2.24) is 0 Å². The molecule has 0 heterocycles. The molecule has 0 aromatic rings. The number of hydrogen-bond donors (Lipinski definition) is 2. The lowest BCUT2D eigenvalue weighted by atomic mass is 9.88. The van der Waals surface area contributed by atoms with E-state index in [0.717, 1.165) is 38.0 Å². The monoisotopic (exact) mass is 370 g/mol. The van der Waals surface area contributed by atoms with Gasteiger partial charge in [0.25, 0.3) is 0 Å². The fourth-order valence-electron chi connectivity index (χ4n) is 1.62. The Morgan fingerprint density at radius 3 is 1.85 bits per heavy atom. The first-order valence-electron chi connectivity index (χ1n) is 8.40. The van der Waals surface area contributed by atoms with Crippen molar-refractivity contribution in [2.45, 2.75) is 60.3 Å². The minimum atomic E-state index is -0.891. The van der Waals surface area contributed by atoms with Gasteiger partial charge in [-0.15, -0.1) is 6.58 Å². The number of carboxylic acids is 2. The van der Waals surface area contributed by atoms with Crippen molar-refractivity contribution in [3.05, 3.63) is 37.6 Å². The summed E-state index contributed by atoms with van der Waals surface area (Å²) in [4.78, 5) is 29.9.